The van der Waals surface area contributed by atoms with Crippen molar-refractivity contribution in [1.82, 2.24) is 0 Å². The minimum absolute atomic E-state index is 0.0597. The molecule has 1 saturated heterocycles. The van der Waals surface area contributed by atoms with Crippen LogP contribution in [0.1, 0.15) is 106 Å². The van der Waals surface area contributed by atoms with Crippen LogP contribution in [0.2, 0.25) is 18.1 Å². The van der Waals surface area contributed by atoms with Crippen molar-refractivity contribution in [2.24, 2.45) is 0 Å². The fraction of sp³-hybridized carbons (Fsp3) is 0.828. The van der Waals surface area contributed by atoms with E-state index < -0.39 is 14.1 Å². The Labute approximate surface area is 217 Å². The smallest absolute Gasteiger partial charge is 0.308 e. The highest BCUT2D eigenvalue weighted by molar-refractivity contribution is 6.74. The van der Waals surface area contributed by atoms with Gasteiger partial charge in [0, 0.05) is 6.42 Å². The van der Waals surface area contributed by atoms with Crippen LogP contribution >= 0.6 is 0 Å². The van der Waals surface area contributed by atoms with Crippen molar-refractivity contribution >= 4 is 14.3 Å². The summed E-state index contributed by atoms with van der Waals surface area (Å²) < 4.78 is 24.5. The molecule has 1 aliphatic heterocycles. The van der Waals surface area contributed by atoms with Crippen molar-refractivity contribution < 1.29 is 23.4 Å². The van der Waals surface area contributed by atoms with E-state index in [0.717, 1.165) is 19.3 Å². The summed E-state index contributed by atoms with van der Waals surface area (Å²) in [4.78, 5) is 13.0. The van der Waals surface area contributed by atoms with E-state index in [0.29, 0.717) is 6.42 Å². The van der Waals surface area contributed by atoms with Crippen LogP contribution in [0, 0.1) is 0 Å². The number of esters is 1. The number of ether oxygens (including phenoxy) is 3. The number of rotatable bonds is 17. The molecule has 0 saturated carbocycles. The molecule has 1 heterocycles. The van der Waals surface area contributed by atoms with Gasteiger partial charge in [-0.25, -0.2) is 0 Å². The van der Waals surface area contributed by atoms with Gasteiger partial charge in [0.15, 0.2) is 14.1 Å². The van der Waals surface area contributed by atoms with E-state index in [4.69, 9.17) is 18.6 Å². The lowest BCUT2D eigenvalue weighted by Crippen LogP contribution is -2.44. The van der Waals surface area contributed by atoms with Crippen LogP contribution in [-0.4, -0.2) is 44.5 Å². The zero-order valence-corrected chi connectivity index (χ0v) is 25.0. The van der Waals surface area contributed by atoms with Crippen molar-refractivity contribution in [2.45, 2.75) is 154 Å². The van der Waals surface area contributed by atoms with E-state index >= 15 is 0 Å². The van der Waals surface area contributed by atoms with Gasteiger partial charge in [-0.05, 0) is 44.8 Å². The van der Waals surface area contributed by atoms with Gasteiger partial charge in [0.25, 0.3) is 0 Å². The summed E-state index contributed by atoms with van der Waals surface area (Å²) in [6.07, 6.45) is 12.7. The third-order valence-electron chi connectivity index (χ3n) is 7.26. The molecule has 6 heteroatoms. The lowest BCUT2D eigenvalue weighted by atomic mass is 10.0. The molecule has 0 spiro atoms. The molecule has 0 amide bonds. The standard InChI is InChI=1S/C29H54O5Si/c1-11-14-15-16-17-18-19-20-24(21-26-25(13-3)32-29(7,8)33-26)31-27(30)22-23(12-2)34-35(9,10)28(4,5)6/h12-13,23-26H,2-3,11,14-22H2,1,4-10H3/t23-,24-,25+,26+/m1/s1. The number of carbonyl (C=O) groups is 1. The van der Waals surface area contributed by atoms with Crippen LogP contribution in [0.25, 0.3) is 0 Å². The van der Waals surface area contributed by atoms with Gasteiger partial charge in [0.05, 0.1) is 18.6 Å². The largest absolute Gasteiger partial charge is 0.462 e. The minimum atomic E-state index is -2.02. The van der Waals surface area contributed by atoms with Gasteiger partial charge in [-0.15, -0.1) is 13.2 Å². The van der Waals surface area contributed by atoms with Gasteiger partial charge in [-0.1, -0.05) is 78.4 Å². The third kappa shape index (κ3) is 11.8. The second kappa shape index (κ2) is 14.7. The molecule has 204 valence electrons. The Morgan fingerprint density at radius 1 is 1.06 bits per heavy atom. The maximum atomic E-state index is 13.0. The zero-order chi connectivity index (χ0) is 26.7. The van der Waals surface area contributed by atoms with Gasteiger partial charge in [0.1, 0.15) is 12.2 Å². The topological polar surface area (TPSA) is 54.0 Å². The van der Waals surface area contributed by atoms with Crippen LogP contribution in [0.4, 0.5) is 0 Å². The van der Waals surface area contributed by atoms with Gasteiger partial charge >= 0.3 is 5.97 Å². The van der Waals surface area contributed by atoms with E-state index in [1.807, 2.05) is 13.8 Å². The molecule has 0 aliphatic carbocycles. The Bertz CT molecular complexity index is 652. The lowest BCUT2D eigenvalue weighted by molar-refractivity contribution is -0.157. The third-order valence-corrected chi connectivity index (χ3v) is 11.8. The fourth-order valence-electron chi connectivity index (χ4n) is 4.18. The Kier molecular flexibility index (Phi) is 13.5. The van der Waals surface area contributed by atoms with Crippen molar-refractivity contribution in [3.8, 4) is 0 Å². The van der Waals surface area contributed by atoms with Crippen molar-refractivity contribution in [1.29, 1.82) is 0 Å². The van der Waals surface area contributed by atoms with Gasteiger partial charge < -0.3 is 18.6 Å². The first-order valence-corrected chi connectivity index (χ1v) is 16.6. The number of unbranched alkanes of at least 4 members (excludes halogenated alkanes) is 6. The Morgan fingerprint density at radius 3 is 2.20 bits per heavy atom. The normalized spacial score (nSPS) is 21.9. The van der Waals surface area contributed by atoms with Crippen LogP contribution in [0.15, 0.2) is 25.3 Å². The van der Waals surface area contributed by atoms with Gasteiger partial charge in [-0.2, -0.15) is 0 Å². The van der Waals surface area contributed by atoms with E-state index in [-0.39, 0.29) is 41.8 Å². The lowest BCUT2D eigenvalue weighted by Gasteiger charge is -2.38. The monoisotopic (exact) mass is 510 g/mol. The maximum Gasteiger partial charge on any atom is 0.308 e. The summed E-state index contributed by atoms with van der Waals surface area (Å²) in [7, 11) is -2.02. The second-order valence-electron chi connectivity index (χ2n) is 12.0. The Morgan fingerprint density at radius 2 is 1.66 bits per heavy atom. The molecule has 0 unspecified atom stereocenters. The summed E-state index contributed by atoms with van der Waals surface area (Å²) in [5.74, 6) is -0.905. The Hall–Kier alpha value is -0.953. The molecule has 1 aliphatic rings. The number of hydrogen-bond acceptors (Lipinski definition) is 5. The van der Waals surface area contributed by atoms with Gasteiger partial charge in [0.2, 0.25) is 0 Å². The molecule has 0 aromatic heterocycles. The molecule has 5 nitrogen and oxygen atoms in total. The minimum Gasteiger partial charge on any atom is -0.462 e. The van der Waals surface area contributed by atoms with Crippen LogP contribution in [0.3, 0.4) is 0 Å². The summed E-state index contributed by atoms with van der Waals surface area (Å²) in [6, 6.07) is 0. The fourth-order valence-corrected chi connectivity index (χ4v) is 5.47. The van der Waals surface area contributed by atoms with E-state index in [1.54, 1.807) is 12.2 Å². The first kappa shape index (κ1) is 32.1. The molecule has 0 bridgehead atoms. The highest BCUT2D eigenvalue weighted by Gasteiger charge is 2.42. The quantitative estimate of drug-likeness (QED) is 0.0856. The summed E-state index contributed by atoms with van der Waals surface area (Å²) in [5.41, 5.74) is 0. The predicted molar refractivity (Wildman–Crippen MR) is 148 cm³/mol. The summed E-state index contributed by atoms with van der Waals surface area (Å²) in [6.45, 7) is 24.8. The molecule has 0 aromatic carbocycles. The molecule has 0 radical (unpaired) electrons. The molecule has 1 fully saturated rings. The summed E-state index contributed by atoms with van der Waals surface area (Å²) >= 11 is 0. The van der Waals surface area contributed by atoms with Crippen LogP contribution in [-0.2, 0) is 23.4 Å². The average molecular weight is 511 g/mol. The second-order valence-corrected chi connectivity index (χ2v) is 16.7. The van der Waals surface area contributed by atoms with Crippen molar-refractivity contribution in [3.63, 3.8) is 0 Å². The summed E-state index contributed by atoms with van der Waals surface area (Å²) in [5, 5.41) is 0.0597. The molecular weight excluding hydrogens is 456 g/mol. The molecule has 35 heavy (non-hydrogen) atoms. The zero-order valence-electron chi connectivity index (χ0n) is 24.0. The number of carbonyl (C=O) groups excluding carboxylic acids is 1. The van der Waals surface area contributed by atoms with Crippen molar-refractivity contribution in [2.75, 3.05) is 0 Å². The molecular formula is C29H54O5Si. The highest BCUT2D eigenvalue weighted by Crippen LogP contribution is 2.38. The van der Waals surface area contributed by atoms with Crippen LogP contribution < -0.4 is 0 Å². The maximum absolute atomic E-state index is 13.0. The molecule has 0 N–H and O–H groups in total. The first-order valence-electron chi connectivity index (χ1n) is 13.7. The first-order chi connectivity index (χ1) is 16.2. The Balaban J connectivity index is 2.75. The number of hydrogen-bond donors (Lipinski definition) is 0. The molecule has 0 aromatic rings. The highest BCUT2D eigenvalue weighted by atomic mass is 28.4. The van der Waals surface area contributed by atoms with E-state index in [1.165, 1.54) is 32.1 Å². The van der Waals surface area contributed by atoms with Crippen molar-refractivity contribution in [3.05, 3.63) is 25.3 Å². The van der Waals surface area contributed by atoms with E-state index in [2.05, 4.69) is 53.9 Å². The molecule has 4 atom stereocenters. The van der Waals surface area contributed by atoms with Gasteiger partial charge in [-0.3, -0.25) is 4.79 Å². The average Bonchev–Trinajstić information content (AvgIpc) is 3.04. The molecule has 1 rings (SSSR count). The SMILES string of the molecule is C=C[C@H](CC(=O)O[C@H](CCCCCCCCC)C[C@@H]1OC(C)(C)O[C@H]1C=C)O[Si](C)(C)C(C)(C)C. The van der Waals surface area contributed by atoms with Crippen LogP contribution in [0.5, 0.6) is 0 Å². The van der Waals surface area contributed by atoms with E-state index in [9.17, 15) is 4.79 Å². The predicted octanol–water partition coefficient (Wildman–Crippen LogP) is 8.10.